The molecule has 0 aromatic heterocycles. The molecule has 0 heterocycles. The zero-order chi connectivity index (χ0) is 8.20. The van der Waals surface area contributed by atoms with E-state index in [1.807, 2.05) is 0 Å². The summed E-state index contributed by atoms with van der Waals surface area (Å²) in [7, 11) is 0. The van der Waals surface area contributed by atoms with Gasteiger partial charge in [-0.15, -0.1) is 0 Å². The van der Waals surface area contributed by atoms with Gasteiger partial charge in [0.1, 0.15) is 6.61 Å². The van der Waals surface area contributed by atoms with Gasteiger partial charge in [-0.3, -0.25) is 0 Å². The quantitative estimate of drug-likeness (QED) is 0.568. The van der Waals surface area contributed by atoms with Crippen molar-refractivity contribution in [3.05, 3.63) is 0 Å². The third kappa shape index (κ3) is 6.36. The van der Waals surface area contributed by atoms with E-state index in [1.54, 1.807) is 0 Å². The summed E-state index contributed by atoms with van der Waals surface area (Å²) < 4.78 is 37.2. The molecule has 0 fully saturated rings. The second-order valence-corrected chi connectivity index (χ2v) is 1.36. The van der Waals surface area contributed by atoms with E-state index in [9.17, 15) is 18.0 Å². The van der Waals surface area contributed by atoms with Gasteiger partial charge in [-0.2, -0.15) is 13.2 Å². The molecular weight excluding hydrogens is 261 g/mol. The maximum Gasteiger partial charge on any atom is 0.490 e. The minimum Gasteiger partial charge on any atom is -0.457 e. The van der Waals surface area contributed by atoms with Gasteiger partial charge in [0.15, 0.2) is 0 Å². The molecule has 0 spiro atoms. The van der Waals surface area contributed by atoms with E-state index >= 15 is 0 Å². The number of aliphatic hydroxyl groups excluding tert-OH is 1. The van der Waals surface area contributed by atoms with Crippen LogP contribution in [0, 0.1) is 0 Å². The molecule has 0 saturated heterocycles. The third-order valence-corrected chi connectivity index (χ3v) is 0.556. The zero-order valence-corrected chi connectivity index (χ0v) is 6.60. The van der Waals surface area contributed by atoms with Crippen LogP contribution < -0.4 is 0 Å². The van der Waals surface area contributed by atoms with Gasteiger partial charge in [0.05, 0.1) is 6.61 Å². The van der Waals surface area contributed by atoms with Gasteiger partial charge < -0.3 is 9.84 Å². The number of ether oxygens (including phenoxy) is 1. The molecule has 0 unspecified atom stereocenters. The number of hydrogen-bond acceptors (Lipinski definition) is 3. The third-order valence-electron chi connectivity index (χ3n) is 0.556. The minimum absolute atomic E-state index is 0. The SMILES string of the molecule is O=C(OCCO)C(F)(F)F.[Ag]. The molecule has 0 aromatic rings. The monoisotopic (exact) mass is 265 g/mol. The van der Waals surface area contributed by atoms with Crippen LogP contribution in [0.2, 0.25) is 0 Å². The fourth-order valence-corrected chi connectivity index (χ4v) is 0.220. The number of esters is 1. The maximum atomic E-state index is 11.2. The van der Waals surface area contributed by atoms with Crippen molar-refractivity contribution in [3.8, 4) is 0 Å². The number of carbonyl (C=O) groups is 1. The van der Waals surface area contributed by atoms with Crippen molar-refractivity contribution < 1.29 is 50.2 Å². The average Bonchev–Trinajstić information content (AvgIpc) is 1.80. The van der Waals surface area contributed by atoms with E-state index in [2.05, 4.69) is 4.74 Å². The van der Waals surface area contributed by atoms with E-state index in [1.165, 1.54) is 0 Å². The summed E-state index contributed by atoms with van der Waals surface area (Å²) >= 11 is 0. The van der Waals surface area contributed by atoms with E-state index in [4.69, 9.17) is 5.11 Å². The van der Waals surface area contributed by atoms with E-state index in [-0.39, 0.29) is 22.4 Å². The molecule has 0 atom stereocenters. The Morgan fingerprint density at radius 2 is 1.91 bits per heavy atom. The molecule has 0 rings (SSSR count). The number of alkyl halides is 3. The number of hydrogen-bond donors (Lipinski definition) is 1. The Labute approximate surface area is 76.0 Å². The summed E-state index contributed by atoms with van der Waals surface area (Å²) in [6.45, 7) is -1.24. The molecule has 0 saturated carbocycles. The summed E-state index contributed by atoms with van der Waals surface area (Å²) in [5.74, 6) is -2.28. The van der Waals surface area contributed by atoms with Gasteiger partial charge in [-0.05, 0) is 0 Å². The molecule has 0 amide bonds. The van der Waals surface area contributed by atoms with Crippen LogP contribution in [0.15, 0.2) is 0 Å². The van der Waals surface area contributed by atoms with Crippen molar-refractivity contribution in [2.24, 2.45) is 0 Å². The molecule has 0 aliphatic carbocycles. The Morgan fingerprint density at radius 1 is 1.45 bits per heavy atom. The first-order valence-corrected chi connectivity index (χ1v) is 2.33. The van der Waals surface area contributed by atoms with Crippen molar-refractivity contribution in [2.75, 3.05) is 13.2 Å². The van der Waals surface area contributed by atoms with Crippen LogP contribution in [0.25, 0.3) is 0 Å². The Bertz CT molecular complexity index is 124. The second kappa shape index (κ2) is 5.59. The van der Waals surface area contributed by atoms with Gasteiger partial charge in [0.2, 0.25) is 0 Å². The topological polar surface area (TPSA) is 46.5 Å². The number of carbonyl (C=O) groups excluding carboxylic acids is 1. The first-order valence-electron chi connectivity index (χ1n) is 2.33. The van der Waals surface area contributed by atoms with Crippen LogP contribution in [-0.4, -0.2) is 30.5 Å². The van der Waals surface area contributed by atoms with Crippen LogP contribution in [0.3, 0.4) is 0 Å². The Kier molecular flexibility index (Phi) is 6.88. The molecular formula is C4H5AgF3O3. The number of halogens is 3. The summed E-state index contributed by atoms with van der Waals surface area (Å²) in [4.78, 5) is 9.77. The average molecular weight is 266 g/mol. The Hall–Kier alpha value is -0.0397. The Balaban J connectivity index is 0. The summed E-state index contributed by atoms with van der Waals surface area (Å²) in [5.41, 5.74) is 0. The first kappa shape index (κ1) is 13.5. The van der Waals surface area contributed by atoms with E-state index in [0.29, 0.717) is 0 Å². The second-order valence-electron chi connectivity index (χ2n) is 1.36. The van der Waals surface area contributed by atoms with Gasteiger partial charge in [0.25, 0.3) is 0 Å². The van der Waals surface area contributed by atoms with Crippen LogP contribution >= 0.6 is 0 Å². The van der Waals surface area contributed by atoms with Crippen molar-refractivity contribution >= 4 is 5.97 Å². The maximum absolute atomic E-state index is 11.2. The molecule has 0 aliphatic rings. The van der Waals surface area contributed by atoms with Gasteiger partial charge in [-0.25, -0.2) is 4.79 Å². The van der Waals surface area contributed by atoms with Gasteiger partial charge in [0, 0.05) is 22.4 Å². The summed E-state index contributed by atoms with van der Waals surface area (Å²) in [6, 6.07) is 0. The molecule has 11 heavy (non-hydrogen) atoms. The fourth-order valence-electron chi connectivity index (χ4n) is 0.220. The van der Waals surface area contributed by atoms with E-state index in [0.717, 1.165) is 0 Å². The smallest absolute Gasteiger partial charge is 0.457 e. The van der Waals surface area contributed by atoms with Crippen molar-refractivity contribution in [2.45, 2.75) is 6.18 Å². The Morgan fingerprint density at radius 3 is 2.18 bits per heavy atom. The van der Waals surface area contributed by atoms with E-state index < -0.39 is 25.4 Å². The minimum atomic E-state index is -4.96. The predicted octanol–water partition coefficient (Wildman–Crippen LogP) is 0.0817. The molecule has 1 radical (unpaired) electrons. The molecule has 71 valence electrons. The molecule has 0 aromatic carbocycles. The number of aliphatic hydroxyl groups is 1. The van der Waals surface area contributed by atoms with Crippen molar-refractivity contribution in [3.63, 3.8) is 0 Å². The van der Waals surface area contributed by atoms with Gasteiger partial charge in [-0.1, -0.05) is 0 Å². The molecule has 7 heteroatoms. The standard InChI is InChI=1S/C4H5F3O3.Ag/c5-4(6,7)3(9)10-2-1-8;/h8H,1-2H2;. The van der Waals surface area contributed by atoms with Crippen molar-refractivity contribution in [1.82, 2.24) is 0 Å². The predicted molar refractivity (Wildman–Crippen MR) is 24.1 cm³/mol. The van der Waals surface area contributed by atoms with Crippen LogP contribution in [0.4, 0.5) is 13.2 Å². The van der Waals surface area contributed by atoms with Crippen molar-refractivity contribution in [1.29, 1.82) is 0 Å². The molecule has 0 bridgehead atoms. The molecule has 3 nitrogen and oxygen atoms in total. The fraction of sp³-hybridized carbons (Fsp3) is 0.750. The summed E-state index contributed by atoms with van der Waals surface area (Å²) in [5, 5.41) is 7.94. The van der Waals surface area contributed by atoms with Crippen LogP contribution in [0.1, 0.15) is 0 Å². The largest absolute Gasteiger partial charge is 0.490 e. The molecule has 1 N–H and O–H groups in total. The normalized spacial score (nSPS) is 10.2. The van der Waals surface area contributed by atoms with Gasteiger partial charge >= 0.3 is 12.1 Å². The molecule has 0 aliphatic heterocycles. The van der Waals surface area contributed by atoms with Crippen LogP contribution in [-0.2, 0) is 31.9 Å². The zero-order valence-electron chi connectivity index (χ0n) is 5.11. The number of rotatable bonds is 2. The summed E-state index contributed by atoms with van der Waals surface area (Å²) in [6.07, 6.45) is -4.96. The first-order chi connectivity index (χ1) is 4.48. The van der Waals surface area contributed by atoms with Crippen LogP contribution in [0.5, 0.6) is 0 Å².